The molecule has 3 aromatic rings. The summed E-state index contributed by atoms with van der Waals surface area (Å²) in [6.45, 7) is 6.89. The molecule has 1 aromatic heterocycles. The summed E-state index contributed by atoms with van der Waals surface area (Å²) in [6, 6.07) is 12.6. The molecule has 0 atom stereocenters. The standard InChI is InChI=1S/C20H22FN5/c1-13(2)17-6-4-5-14(3)19(17)25-20-24-18(12-23-26-20)22-11-15-7-9-16(21)10-8-15/h4-10,12-13H,11H2,1-3H3,(H2,22,24,25,26). The van der Waals surface area contributed by atoms with Crippen molar-refractivity contribution in [2.75, 3.05) is 10.6 Å². The molecule has 5 nitrogen and oxygen atoms in total. The van der Waals surface area contributed by atoms with E-state index in [9.17, 15) is 4.39 Å². The van der Waals surface area contributed by atoms with Crippen molar-refractivity contribution in [3.8, 4) is 0 Å². The highest BCUT2D eigenvalue weighted by Crippen LogP contribution is 2.29. The predicted molar refractivity (Wildman–Crippen MR) is 102 cm³/mol. The summed E-state index contributed by atoms with van der Waals surface area (Å²) in [4.78, 5) is 4.47. The Morgan fingerprint density at radius 2 is 1.85 bits per heavy atom. The first-order chi connectivity index (χ1) is 12.5. The van der Waals surface area contributed by atoms with Gasteiger partial charge in [-0.2, -0.15) is 10.1 Å². The lowest BCUT2D eigenvalue weighted by Crippen LogP contribution is -2.07. The minimum absolute atomic E-state index is 0.247. The van der Waals surface area contributed by atoms with Gasteiger partial charge < -0.3 is 10.6 Å². The molecule has 0 saturated carbocycles. The highest BCUT2D eigenvalue weighted by molar-refractivity contribution is 5.64. The minimum atomic E-state index is -0.247. The number of hydrogen-bond acceptors (Lipinski definition) is 5. The van der Waals surface area contributed by atoms with Crippen molar-refractivity contribution in [1.29, 1.82) is 0 Å². The number of nitrogens with one attached hydrogen (secondary N) is 2. The van der Waals surface area contributed by atoms with E-state index in [2.05, 4.69) is 64.8 Å². The van der Waals surface area contributed by atoms with Crippen LogP contribution in [0.15, 0.2) is 48.7 Å². The van der Waals surface area contributed by atoms with Crippen LogP contribution in [0.5, 0.6) is 0 Å². The number of aromatic nitrogens is 3. The van der Waals surface area contributed by atoms with Gasteiger partial charge in [-0.3, -0.25) is 0 Å². The van der Waals surface area contributed by atoms with Gasteiger partial charge in [0, 0.05) is 12.2 Å². The molecule has 3 rings (SSSR count). The maximum absolute atomic E-state index is 13.0. The topological polar surface area (TPSA) is 62.7 Å². The Kier molecular flexibility index (Phi) is 5.41. The highest BCUT2D eigenvalue weighted by Gasteiger charge is 2.11. The summed E-state index contributed by atoms with van der Waals surface area (Å²) < 4.78 is 13.0. The average molecular weight is 351 g/mol. The van der Waals surface area contributed by atoms with Crippen LogP contribution >= 0.6 is 0 Å². The first-order valence-corrected chi connectivity index (χ1v) is 8.57. The van der Waals surface area contributed by atoms with E-state index < -0.39 is 0 Å². The number of aryl methyl sites for hydroxylation is 1. The zero-order chi connectivity index (χ0) is 18.5. The lowest BCUT2D eigenvalue weighted by molar-refractivity contribution is 0.627. The molecule has 0 aliphatic heterocycles. The monoisotopic (exact) mass is 351 g/mol. The molecule has 0 bridgehead atoms. The van der Waals surface area contributed by atoms with Crippen LogP contribution in [0.25, 0.3) is 0 Å². The first-order valence-electron chi connectivity index (χ1n) is 8.57. The Morgan fingerprint density at radius 3 is 2.58 bits per heavy atom. The zero-order valence-corrected chi connectivity index (χ0v) is 15.1. The largest absolute Gasteiger partial charge is 0.365 e. The van der Waals surface area contributed by atoms with Crippen molar-refractivity contribution < 1.29 is 4.39 Å². The summed E-state index contributed by atoms with van der Waals surface area (Å²) in [6.07, 6.45) is 1.57. The van der Waals surface area contributed by atoms with Gasteiger partial charge in [-0.25, -0.2) is 4.39 Å². The second-order valence-electron chi connectivity index (χ2n) is 6.46. The van der Waals surface area contributed by atoms with Crippen LogP contribution < -0.4 is 10.6 Å². The number of halogens is 1. The molecule has 0 unspecified atom stereocenters. The molecule has 0 aliphatic rings. The van der Waals surface area contributed by atoms with E-state index in [0.29, 0.717) is 24.2 Å². The SMILES string of the molecule is Cc1cccc(C(C)C)c1Nc1nncc(NCc2ccc(F)cc2)n1. The van der Waals surface area contributed by atoms with Crippen molar-refractivity contribution in [1.82, 2.24) is 15.2 Å². The average Bonchev–Trinajstić information content (AvgIpc) is 2.63. The molecule has 0 fully saturated rings. The minimum Gasteiger partial charge on any atom is -0.365 e. The van der Waals surface area contributed by atoms with Crippen LogP contribution in [0.1, 0.15) is 36.5 Å². The van der Waals surface area contributed by atoms with Gasteiger partial charge in [0.1, 0.15) is 5.82 Å². The Labute approximate surface area is 152 Å². The second-order valence-corrected chi connectivity index (χ2v) is 6.46. The molecule has 2 aromatic carbocycles. The fourth-order valence-electron chi connectivity index (χ4n) is 2.69. The van der Waals surface area contributed by atoms with E-state index in [1.807, 2.05) is 0 Å². The van der Waals surface area contributed by atoms with Crippen molar-refractivity contribution >= 4 is 17.5 Å². The molecular formula is C20H22FN5. The molecule has 0 aliphatic carbocycles. The lowest BCUT2D eigenvalue weighted by Gasteiger charge is -2.16. The molecule has 0 saturated heterocycles. The van der Waals surface area contributed by atoms with Crippen molar-refractivity contribution in [3.63, 3.8) is 0 Å². The van der Waals surface area contributed by atoms with Gasteiger partial charge in [-0.05, 0) is 41.7 Å². The van der Waals surface area contributed by atoms with Crippen LogP contribution in [-0.4, -0.2) is 15.2 Å². The van der Waals surface area contributed by atoms with Gasteiger partial charge >= 0.3 is 0 Å². The summed E-state index contributed by atoms with van der Waals surface area (Å²) in [5, 5.41) is 14.6. The zero-order valence-electron chi connectivity index (χ0n) is 15.1. The fourth-order valence-corrected chi connectivity index (χ4v) is 2.69. The van der Waals surface area contributed by atoms with Crippen LogP contribution in [0.4, 0.5) is 21.8 Å². The van der Waals surface area contributed by atoms with Crippen LogP contribution in [0.2, 0.25) is 0 Å². The lowest BCUT2D eigenvalue weighted by atomic mass is 9.98. The molecule has 0 spiro atoms. The third-order valence-corrected chi connectivity index (χ3v) is 4.11. The Morgan fingerprint density at radius 1 is 1.08 bits per heavy atom. The fraction of sp³-hybridized carbons (Fsp3) is 0.250. The van der Waals surface area contributed by atoms with Crippen LogP contribution in [0, 0.1) is 12.7 Å². The van der Waals surface area contributed by atoms with E-state index in [-0.39, 0.29) is 5.82 Å². The van der Waals surface area contributed by atoms with Gasteiger partial charge in [0.2, 0.25) is 5.95 Å². The molecule has 0 amide bonds. The van der Waals surface area contributed by atoms with Gasteiger partial charge in [0.05, 0.1) is 6.20 Å². The molecule has 2 N–H and O–H groups in total. The van der Waals surface area contributed by atoms with E-state index in [4.69, 9.17) is 0 Å². The summed E-state index contributed by atoms with van der Waals surface area (Å²) in [7, 11) is 0. The maximum atomic E-state index is 13.0. The predicted octanol–water partition coefficient (Wildman–Crippen LogP) is 4.80. The van der Waals surface area contributed by atoms with Gasteiger partial charge in [0.25, 0.3) is 0 Å². The highest BCUT2D eigenvalue weighted by atomic mass is 19.1. The number of nitrogens with zero attached hydrogens (tertiary/aromatic N) is 3. The molecule has 26 heavy (non-hydrogen) atoms. The number of hydrogen-bond donors (Lipinski definition) is 2. The van der Waals surface area contributed by atoms with Crippen LogP contribution in [-0.2, 0) is 6.54 Å². The van der Waals surface area contributed by atoms with E-state index in [1.165, 1.54) is 17.7 Å². The van der Waals surface area contributed by atoms with E-state index >= 15 is 0 Å². The summed E-state index contributed by atoms with van der Waals surface area (Å²) >= 11 is 0. The molecular weight excluding hydrogens is 329 g/mol. The van der Waals surface area contributed by atoms with E-state index in [1.54, 1.807) is 18.3 Å². The molecule has 134 valence electrons. The Balaban J connectivity index is 1.75. The van der Waals surface area contributed by atoms with Crippen molar-refractivity contribution in [2.45, 2.75) is 33.2 Å². The van der Waals surface area contributed by atoms with Gasteiger partial charge in [-0.15, -0.1) is 5.10 Å². The Bertz CT molecular complexity index is 878. The van der Waals surface area contributed by atoms with E-state index in [0.717, 1.165) is 16.8 Å². The number of anilines is 3. The second kappa shape index (κ2) is 7.91. The number of benzene rings is 2. The van der Waals surface area contributed by atoms with Crippen molar-refractivity contribution in [3.05, 3.63) is 71.2 Å². The normalized spacial score (nSPS) is 10.8. The van der Waals surface area contributed by atoms with Gasteiger partial charge in [-0.1, -0.05) is 44.2 Å². The third-order valence-electron chi connectivity index (χ3n) is 4.11. The third kappa shape index (κ3) is 4.33. The number of rotatable bonds is 6. The molecule has 6 heteroatoms. The first kappa shape index (κ1) is 17.8. The van der Waals surface area contributed by atoms with Gasteiger partial charge in [0.15, 0.2) is 5.82 Å². The maximum Gasteiger partial charge on any atom is 0.249 e. The quantitative estimate of drug-likeness (QED) is 0.668. The molecule has 1 heterocycles. The summed E-state index contributed by atoms with van der Waals surface area (Å²) in [5.74, 6) is 1.17. The summed E-state index contributed by atoms with van der Waals surface area (Å²) in [5.41, 5.74) is 4.31. The number of para-hydroxylation sites is 1. The van der Waals surface area contributed by atoms with Crippen molar-refractivity contribution in [2.24, 2.45) is 0 Å². The molecule has 0 radical (unpaired) electrons. The smallest absolute Gasteiger partial charge is 0.249 e. The Hall–Kier alpha value is -3.02. The van der Waals surface area contributed by atoms with Crippen LogP contribution in [0.3, 0.4) is 0 Å².